The third kappa shape index (κ3) is 3.76. The molecule has 0 saturated carbocycles. The summed E-state index contributed by atoms with van der Waals surface area (Å²) in [7, 11) is 1.63. The zero-order valence-corrected chi connectivity index (χ0v) is 14.3. The molecule has 2 heterocycles. The monoisotopic (exact) mass is 329 g/mol. The molecule has 1 amide bonds. The van der Waals surface area contributed by atoms with E-state index in [1.807, 2.05) is 38.1 Å². The summed E-state index contributed by atoms with van der Waals surface area (Å²) in [5.41, 5.74) is 1.93. The number of methoxy groups -OCH3 is 1. The molecule has 0 bridgehead atoms. The summed E-state index contributed by atoms with van der Waals surface area (Å²) in [6, 6.07) is 9.45. The number of aromatic nitrogens is 2. The SMILES string of the molecule is COc1ccc(-c2cc(C(=O)NC3CCOC(C)(C)C3)[nH]n2)cc1. The second kappa shape index (κ2) is 6.65. The van der Waals surface area contributed by atoms with E-state index in [-0.39, 0.29) is 17.6 Å². The van der Waals surface area contributed by atoms with Crippen molar-refractivity contribution < 1.29 is 14.3 Å². The van der Waals surface area contributed by atoms with Gasteiger partial charge in [0, 0.05) is 18.2 Å². The highest BCUT2D eigenvalue weighted by molar-refractivity contribution is 5.93. The summed E-state index contributed by atoms with van der Waals surface area (Å²) >= 11 is 0. The van der Waals surface area contributed by atoms with Crippen LogP contribution in [0.15, 0.2) is 30.3 Å². The van der Waals surface area contributed by atoms with E-state index in [0.717, 1.165) is 29.8 Å². The normalized spacial score (nSPS) is 19.7. The lowest BCUT2D eigenvalue weighted by molar-refractivity contribution is -0.0615. The Morgan fingerprint density at radius 1 is 1.38 bits per heavy atom. The molecule has 1 unspecified atom stereocenters. The number of carbonyl (C=O) groups is 1. The minimum absolute atomic E-state index is 0.119. The topological polar surface area (TPSA) is 76.2 Å². The summed E-state index contributed by atoms with van der Waals surface area (Å²) in [6.07, 6.45) is 1.63. The van der Waals surface area contributed by atoms with Gasteiger partial charge in [-0.3, -0.25) is 9.89 Å². The van der Waals surface area contributed by atoms with Crippen LogP contribution in [-0.4, -0.2) is 41.5 Å². The Labute approximate surface area is 141 Å². The number of nitrogens with one attached hydrogen (secondary N) is 2. The van der Waals surface area contributed by atoms with Gasteiger partial charge in [0.25, 0.3) is 5.91 Å². The van der Waals surface area contributed by atoms with Gasteiger partial charge in [0.1, 0.15) is 11.4 Å². The van der Waals surface area contributed by atoms with Gasteiger partial charge in [-0.2, -0.15) is 5.10 Å². The standard InChI is InChI=1S/C18H23N3O3/c1-18(2)11-13(8-9-24-18)19-17(22)16-10-15(20-21-16)12-4-6-14(23-3)7-5-12/h4-7,10,13H,8-9,11H2,1-3H3,(H,19,22)(H,20,21). The molecule has 1 aliphatic heterocycles. The predicted molar refractivity (Wildman–Crippen MR) is 91.1 cm³/mol. The van der Waals surface area contributed by atoms with Crippen LogP contribution < -0.4 is 10.1 Å². The van der Waals surface area contributed by atoms with Crippen molar-refractivity contribution in [1.82, 2.24) is 15.5 Å². The number of benzene rings is 1. The van der Waals surface area contributed by atoms with Crippen LogP contribution in [0.4, 0.5) is 0 Å². The van der Waals surface area contributed by atoms with Crippen LogP contribution in [0.2, 0.25) is 0 Å². The van der Waals surface area contributed by atoms with Crippen molar-refractivity contribution in [2.75, 3.05) is 13.7 Å². The van der Waals surface area contributed by atoms with Gasteiger partial charge in [0.15, 0.2) is 0 Å². The van der Waals surface area contributed by atoms with Crippen molar-refractivity contribution in [3.05, 3.63) is 36.0 Å². The van der Waals surface area contributed by atoms with Crippen molar-refractivity contribution in [3.8, 4) is 17.0 Å². The highest BCUT2D eigenvalue weighted by Gasteiger charge is 2.30. The average molecular weight is 329 g/mol. The van der Waals surface area contributed by atoms with Gasteiger partial charge in [0.05, 0.1) is 18.4 Å². The van der Waals surface area contributed by atoms with Crippen LogP contribution in [-0.2, 0) is 4.74 Å². The van der Waals surface area contributed by atoms with Crippen molar-refractivity contribution in [3.63, 3.8) is 0 Å². The molecule has 1 saturated heterocycles. The molecule has 6 heteroatoms. The molecule has 6 nitrogen and oxygen atoms in total. The Bertz CT molecular complexity index is 707. The van der Waals surface area contributed by atoms with Crippen molar-refractivity contribution in [2.45, 2.75) is 38.3 Å². The molecule has 1 atom stereocenters. The number of nitrogens with zero attached hydrogens (tertiary/aromatic N) is 1. The first kappa shape index (κ1) is 16.5. The van der Waals surface area contributed by atoms with Gasteiger partial charge in [-0.15, -0.1) is 0 Å². The third-order valence-electron chi connectivity index (χ3n) is 4.24. The van der Waals surface area contributed by atoms with E-state index in [1.165, 1.54) is 0 Å². The van der Waals surface area contributed by atoms with E-state index in [1.54, 1.807) is 13.2 Å². The summed E-state index contributed by atoms with van der Waals surface area (Å²) in [6.45, 7) is 4.75. The van der Waals surface area contributed by atoms with Gasteiger partial charge in [0.2, 0.25) is 0 Å². The Hall–Kier alpha value is -2.34. The largest absolute Gasteiger partial charge is 0.497 e. The summed E-state index contributed by atoms with van der Waals surface area (Å²) in [4.78, 5) is 12.4. The summed E-state index contributed by atoms with van der Waals surface area (Å²) < 4.78 is 10.8. The Morgan fingerprint density at radius 2 is 2.12 bits per heavy atom. The fourth-order valence-electron chi connectivity index (χ4n) is 2.97. The van der Waals surface area contributed by atoms with Gasteiger partial charge in [-0.25, -0.2) is 0 Å². The smallest absolute Gasteiger partial charge is 0.269 e. The number of hydrogen-bond acceptors (Lipinski definition) is 4. The minimum Gasteiger partial charge on any atom is -0.497 e. The molecule has 0 radical (unpaired) electrons. The van der Waals surface area contributed by atoms with Crippen LogP contribution in [0.5, 0.6) is 5.75 Å². The maximum absolute atomic E-state index is 12.4. The van der Waals surface area contributed by atoms with Crippen LogP contribution in [0, 0.1) is 0 Å². The molecule has 3 rings (SSSR count). The molecule has 1 fully saturated rings. The zero-order chi connectivity index (χ0) is 17.2. The lowest BCUT2D eigenvalue weighted by Gasteiger charge is -2.35. The third-order valence-corrected chi connectivity index (χ3v) is 4.24. The first-order valence-electron chi connectivity index (χ1n) is 8.11. The van der Waals surface area contributed by atoms with Crippen molar-refractivity contribution in [1.29, 1.82) is 0 Å². The molecule has 2 N–H and O–H groups in total. The number of hydrogen-bond donors (Lipinski definition) is 2. The molecule has 0 aliphatic carbocycles. The summed E-state index contributed by atoms with van der Waals surface area (Å²) in [5, 5.41) is 10.1. The second-order valence-corrected chi connectivity index (χ2v) is 6.67. The lowest BCUT2D eigenvalue weighted by Crippen LogP contribution is -2.45. The Kier molecular flexibility index (Phi) is 4.57. The first-order valence-corrected chi connectivity index (χ1v) is 8.11. The molecular formula is C18H23N3O3. The maximum atomic E-state index is 12.4. The predicted octanol–water partition coefficient (Wildman–Crippen LogP) is 2.77. The van der Waals surface area contributed by atoms with E-state index in [0.29, 0.717) is 12.3 Å². The van der Waals surface area contributed by atoms with E-state index in [2.05, 4.69) is 15.5 Å². The quantitative estimate of drug-likeness (QED) is 0.904. The molecular weight excluding hydrogens is 306 g/mol. The second-order valence-electron chi connectivity index (χ2n) is 6.67. The number of H-pyrrole nitrogens is 1. The van der Waals surface area contributed by atoms with Gasteiger partial charge in [-0.1, -0.05) is 0 Å². The first-order chi connectivity index (χ1) is 11.5. The van der Waals surface area contributed by atoms with E-state index in [4.69, 9.17) is 9.47 Å². The van der Waals surface area contributed by atoms with Crippen molar-refractivity contribution in [2.24, 2.45) is 0 Å². The van der Waals surface area contributed by atoms with Crippen LogP contribution in [0.1, 0.15) is 37.2 Å². The number of rotatable bonds is 4. The molecule has 128 valence electrons. The van der Waals surface area contributed by atoms with Crippen LogP contribution in [0.3, 0.4) is 0 Å². The van der Waals surface area contributed by atoms with Crippen LogP contribution >= 0.6 is 0 Å². The van der Waals surface area contributed by atoms with Gasteiger partial charge < -0.3 is 14.8 Å². The van der Waals surface area contributed by atoms with E-state index >= 15 is 0 Å². The number of amides is 1. The van der Waals surface area contributed by atoms with Crippen molar-refractivity contribution >= 4 is 5.91 Å². The maximum Gasteiger partial charge on any atom is 0.269 e. The fourth-order valence-corrected chi connectivity index (χ4v) is 2.97. The highest BCUT2D eigenvalue weighted by Crippen LogP contribution is 2.24. The van der Waals surface area contributed by atoms with Gasteiger partial charge in [-0.05, 0) is 57.0 Å². The van der Waals surface area contributed by atoms with E-state index in [9.17, 15) is 4.79 Å². The number of aromatic amines is 1. The molecule has 2 aromatic rings. The Morgan fingerprint density at radius 3 is 2.79 bits per heavy atom. The van der Waals surface area contributed by atoms with Gasteiger partial charge >= 0.3 is 0 Å². The number of ether oxygens (including phenoxy) is 2. The molecule has 24 heavy (non-hydrogen) atoms. The fraction of sp³-hybridized carbons (Fsp3) is 0.444. The Balaban J connectivity index is 1.67. The number of carbonyl (C=O) groups excluding carboxylic acids is 1. The van der Waals surface area contributed by atoms with E-state index < -0.39 is 0 Å². The minimum atomic E-state index is -0.196. The molecule has 1 aliphatic rings. The highest BCUT2D eigenvalue weighted by atomic mass is 16.5. The zero-order valence-electron chi connectivity index (χ0n) is 14.3. The summed E-state index contributed by atoms with van der Waals surface area (Å²) in [5.74, 6) is 0.652. The lowest BCUT2D eigenvalue weighted by atomic mass is 9.94. The molecule has 1 aromatic heterocycles. The van der Waals surface area contributed by atoms with Crippen LogP contribution in [0.25, 0.3) is 11.3 Å². The molecule has 0 spiro atoms. The average Bonchev–Trinajstić information content (AvgIpc) is 3.04. The molecule has 1 aromatic carbocycles.